The molecule has 15 heavy (non-hydrogen) atoms. The van der Waals surface area contributed by atoms with Crippen molar-refractivity contribution in [3.05, 3.63) is 46.1 Å². The van der Waals surface area contributed by atoms with E-state index in [2.05, 4.69) is 9.97 Å². The van der Waals surface area contributed by atoms with Gasteiger partial charge in [-0.1, -0.05) is 18.2 Å². The Morgan fingerprint density at radius 2 is 2.00 bits per heavy atom. The molecule has 2 aromatic rings. The highest BCUT2D eigenvalue weighted by Crippen LogP contribution is 2.25. The molecule has 0 amide bonds. The molecule has 0 fully saturated rings. The van der Waals surface area contributed by atoms with Crippen LogP contribution in [-0.2, 0) is 0 Å². The van der Waals surface area contributed by atoms with Crippen molar-refractivity contribution in [2.45, 2.75) is 0 Å². The predicted octanol–water partition coefficient (Wildman–Crippen LogP) is 1.80. The molecular formula is C10H7ClN2O2. The Hall–Kier alpha value is -1.81. The molecule has 2 N–H and O–H groups in total. The van der Waals surface area contributed by atoms with E-state index in [0.29, 0.717) is 5.56 Å². The first-order chi connectivity index (χ1) is 7.18. The molecule has 2 rings (SSSR count). The van der Waals surface area contributed by atoms with Crippen LogP contribution in [0.25, 0.3) is 11.1 Å². The van der Waals surface area contributed by atoms with Gasteiger partial charge in [0.05, 0.1) is 5.56 Å². The SMILES string of the molecule is O=c1[nH]c(Cl)ncc1-c1ccccc1O. The Morgan fingerprint density at radius 3 is 2.67 bits per heavy atom. The molecule has 0 spiro atoms. The van der Waals surface area contributed by atoms with E-state index in [-0.39, 0.29) is 22.2 Å². The lowest BCUT2D eigenvalue weighted by atomic mass is 10.1. The van der Waals surface area contributed by atoms with Gasteiger partial charge < -0.3 is 5.11 Å². The first-order valence-corrected chi connectivity index (χ1v) is 4.59. The molecule has 1 heterocycles. The molecule has 5 heteroatoms. The molecule has 0 aliphatic carbocycles. The van der Waals surface area contributed by atoms with Crippen molar-refractivity contribution < 1.29 is 5.11 Å². The lowest BCUT2D eigenvalue weighted by Gasteiger charge is -2.02. The van der Waals surface area contributed by atoms with Crippen molar-refractivity contribution in [3.8, 4) is 16.9 Å². The normalized spacial score (nSPS) is 10.2. The van der Waals surface area contributed by atoms with E-state index < -0.39 is 0 Å². The van der Waals surface area contributed by atoms with E-state index in [1.807, 2.05) is 0 Å². The smallest absolute Gasteiger partial charge is 0.259 e. The summed E-state index contributed by atoms with van der Waals surface area (Å²) < 4.78 is 0. The fourth-order valence-corrected chi connectivity index (χ4v) is 1.40. The molecule has 0 aliphatic rings. The molecule has 0 radical (unpaired) electrons. The van der Waals surface area contributed by atoms with Gasteiger partial charge in [0.15, 0.2) is 0 Å². The number of aromatic nitrogens is 2. The van der Waals surface area contributed by atoms with E-state index in [1.54, 1.807) is 18.2 Å². The summed E-state index contributed by atoms with van der Waals surface area (Å²) >= 11 is 5.52. The molecule has 0 atom stereocenters. The second-order valence-electron chi connectivity index (χ2n) is 2.93. The average Bonchev–Trinajstić information content (AvgIpc) is 2.20. The lowest BCUT2D eigenvalue weighted by Crippen LogP contribution is -2.09. The van der Waals surface area contributed by atoms with Gasteiger partial charge in [-0.25, -0.2) is 4.98 Å². The van der Waals surface area contributed by atoms with Gasteiger partial charge in [-0.15, -0.1) is 0 Å². The summed E-state index contributed by atoms with van der Waals surface area (Å²) in [5, 5.41) is 9.57. The third-order valence-corrected chi connectivity index (χ3v) is 2.15. The highest BCUT2D eigenvalue weighted by Gasteiger charge is 2.08. The number of phenols is 1. The number of aromatic amines is 1. The molecular weight excluding hydrogens is 216 g/mol. The zero-order valence-electron chi connectivity index (χ0n) is 7.57. The molecule has 4 nitrogen and oxygen atoms in total. The summed E-state index contributed by atoms with van der Waals surface area (Å²) in [5.74, 6) is 0.0344. The Kier molecular flexibility index (Phi) is 2.43. The molecule has 1 aromatic heterocycles. The van der Waals surface area contributed by atoms with E-state index in [4.69, 9.17) is 11.6 Å². The molecule has 1 aromatic carbocycles. The van der Waals surface area contributed by atoms with Crippen LogP contribution in [0.2, 0.25) is 5.28 Å². The number of hydrogen-bond acceptors (Lipinski definition) is 3. The maximum atomic E-state index is 11.5. The summed E-state index contributed by atoms with van der Waals surface area (Å²) in [6.45, 7) is 0. The number of rotatable bonds is 1. The first kappa shape index (κ1) is 9.73. The molecule has 0 saturated carbocycles. The van der Waals surface area contributed by atoms with Crippen LogP contribution in [0.5, 0.6) is 5.75 Å². The highest BCUT2D eigenvalue weighted by atomic mass is 35.5. The van der Waals surface area contributed by atoms with Gasteiger partial charge >= 0.3 is 0 Å². The van der Waals surface area contributed by atoms with Gasteiger partial charge in [0, 0.05) is 11.8 Å². The van der Waals surface area contributed by atoms with Crippen LogP contribution in [0.4, 0.5) is 0 Å². The molecule has 0 bridgehead atoms. The summed E-state index contributed by atoms with van der Waals surface area (Å²) in [5.41, 5.74) is 0.344. The fraction of sp³-hybridized carbons (Fsp3) is 0. The van der Waals surface area contributed by atoms with Gasteiger partial charge in [0.25, 0.3) is 5.56 Å². The third-order valence-electron chi connectivity index (χ3n) is 1.96. The first-order valence-electron chi connectivity index (χ1n) is 4.21. The molecule has 76 valence electrons. The second kappa shape index (κ2) is 3.74. The van der Waals surface area contributed by atoms with Crippen molar-refractivity contribution in [2.75, 3.05) is 0 Å². The number of para-hydroxylation sites is 1. The van der Waals surface area contributed by atoms with Gasteiger partial charge in [-0.05, 0) is 17.7 Å². The Labute approximate surface area is 90.2 Å². The summed E-state index contributed by atoms with van der Waals surface area (Å²) in [6, 6.07) is 6.54. The number of nitrogens with one attached hydrogen (secondary N) is 1. The molecule has 0 aliphatic heterocycles. The number of aromatic hydroxyl groups is 1. The van der Waals surface area contributed by atoms with Crippen molar-refractivity contribution in [2.24, 2.45) is 0 Å². The fourth-order valence-electron chi connectivity index (χ4n) is 1.27. The van der Waals surface area contributed by atoms with Crippen LogP contribution in [0.1, 0.15) is 0 Å². The lowest BCUT2D eigenvalue weighted by molar-refractivity contribution is 0.477. The monoisotopic (exact) mass is 222 g/mol. The third kappa shape index (κ3) is 1.85. The highest BCUT2D eigenvalue weighted by molar-refractivity contribution is 6.28. The number of nitrogens with zero attached hydrogens (tertiary/aromatic N) is 1. The largest absolute Gasteiger partial charge is 0.507 e. The summed E-state index contributed by atoms with van der Waals surface area (Å²) in [4.78, 5) is 17.6. The standard InChI is InChI=1S/C10H7ClN2O2/c11-10-12-5-7(9(15)13-10)6-3-1-2-4-8(6)14/h1-5,14H,(H,12,13,15). The van der Waals surface area contributed by atoms with Crippen LogP contribution < -0.4 is 5.56 Å². The summed E-state index contributed by atoms with van der Waals surface area (Å²) in [6.07, 6.45) is 1.33. The minimum Gasteiger partial charge on any atom is -0.507 e. The minimum atomic E-state index is -0.378. The maximum Gasteiger partial charge on any atom is 0.259 e. The van der Waals surface area contributed by atoms with E-state index in [9.17, 15) is 9.90 Å². The van der Waals surface area contributed by atoms with Crippen molar-refractivity contribution >= 4 is 11.6 Å². The number of halogens is 1. The summed E-state index contributed by atoms with van der Waals surface area (Å²) in [7, 11) is 0. The van der Waals surface area contributed by atoms with Gasteiger partial charge in [-0.2, -0.15) is 0 Å². The minimum absolute atomic E-state index is 0.0270. The van der Waals surface area contributed by atoms with E-state index >= 15 is 0 Å². The Balaban J connectivity index is 2.65. The number of hydrogen-bond donors (Lipinski definition) is 2. The Morgan fingerprint density at radius 1 is 1.27 bits per heavy atom. The molecule has 0 unspecified atom stereocenters. The number of H-pyrrole nitrogens is 1. The molecule has 0 saturated heterocycles. The topological polar surface area (TPSA) is 66.0 Å². The van der Waals surface area contributed by atoms with Crippen molar-refractivity contribution in [1.82, 2.24) is 9.97 Å². The van der Waals surface area contributed by atoms with Crippen LogP contribution in [0.15, 0.2) is 35.3 Å². The van der Waals surface area contributed by atoms with Crippen LogP contribution in [0, 0.1) is 0 Å². The second-order valence-corrected chi connectivity index (χ2v) is 3.29. The van der Waals surface area contributed by atoms with Crippen LogP contribution in [-0.4, -0.2) is 15.1 Å². The van der Waals surface area contributed by atoms with Crippen LogP contribution >= 0.6 is 11.6 Å². The van der Waals surface area contributed by atoms with Crippen molar-refractivity contribution in [1.29, 1.82) is 0 Å². The van der Waals surface area contributed by atoms with E-state index in [1.165, 1.54) is 12.3 Å². The number of phenolic OH excluding ortho intramolecular Hbond substituents is 1. The van der Waals surface area contributed by atoms with Gasteiger partial charge in [-0.3, -0.25) is 9.78 Å². The quantitative estimate of drug-likeness (QED) is 0.723. The predicted molar refractivity (Wildman–Crippen MR) is 57.0 cm³/mol. The van der Waals surface area contributed by atoms with Crippen molar-refractivity contribution in [3.63, 3.8) is 0 Å². The van der Waals surface area contributed by atoms with Gasteiger partial charge in [0.1, 0.15) is 5.75 Å². The maximum absolute atomic E-state index is 11.5. The Bertz CT molecular complexity index is 551. The average molecular weight is 223 g/mol. The van der Waals surface area contributed by atoms with E-state index in [0.717, 1.165) is 0 Å². The zero-order valence-corrected chi connectivity index (χ0v) is 8.32. The zero-order chi connectivity index (χ0) is 10.8. The van der Waals surface area contributed by atoms with Crippen LogP contribution in [0.3, 0.4) is 0 Å². The van der Waals surface area contributed by atoms with Gasteiger partial charge in [0.2, 0.25) is 5.28 Å². The number of benzene rings is 1.